The van der Waals surface area contributed by atoms with Gasteiger partial charge in [0, 0.05) is 4.88 Å². The largest absolute Gasteiger partial charge is 0.483 e. The summed E-state index contributed by atoms with van der Waals surface area (Å²) in [6, 6.07) is 5.74. The Labute approximate surface area is 187 Å². The highest BCUT2D eigenvalue weighted by Gasteiger charge is 2.24. The predicted octanol–water partition coefficient (Wildman–Crippen LogP) is 3.94. The third-order valence-corrected chi connectivity index (χ3v) is 6.69. The van der Waals surface area contributed by atoms with Crippen LogP contribution in [0.4, 0.5) is 5.00 Å². The fraction of sp³-hybridized carbons (Fsp3) is 0.350. The molecule has 0 unspecified atom stereocenters. The van der Waals surface area contributed by atoms with Crippen LogP contribution in [0.3, 0.4) is 0 Å². The molecular formula is C20H22BrN3O3S2. The Morgan fingerprint density at radius 2 is 2.07 bits per heavy atom. The lowest BCUT2D eigenvalue weighted by Crippen LogP contribution is -2.37. The van der Waals surface area contributed by atoms with Crippen LogP contribution in [0.25, 0.3) is 0 Å². The smallest absolute Gasteiger partial charge is 0.264 e. The van der Waals surface area contributed by atoms with E-state index >= 15 is 0 Å². The van der Waals surface area contributed by atoms with Gasteiger partial charge in [0.25, 0.3) is 11.8 Å². The van der Waals surface area contributed by atoms with Gasteiger partial charge in [0.15, 0.2) is 11.7 Å². The number of carbonyl (C=O) groups is 2. The van der Waals surface area contributed by atoms with Crippen LogP contribution in [0, 0.1) is 0 Å². The van der Waals surface area contributed by atoms with E-state index in [1.54, 1.807) is 0 Å². The van der Waals surface area contributed by atoms with Gasteiger partial charge in [-0.25, -0.2) is 0 Å². The summed E-state index contributed by atoms with van der Waals surface area (Å²) >= 11 is 10.2. The van der Waals surface area contributed by atoms with Gasteiger partial charge in [0.05, 0.1) is 10.0 Å². The minimum atomic E-state index is -0.482. The summed E-state index contributed by atoms with van der Waals surface area (Å²) in [4.78, 5) is 25.3. The zero-order valence-corrected chi connectivity index (χ0v) is 19.2. The molecule has 0 bridgehead atoms. The number of carbonyl (C=O) groups excluding carboxylic acids is 2. The quantitative estimate of drug-likeness (QED) is 0.527. The van der Waals surface area contributed by atoms with Crippen molar-refractivity contribution in [2.45, 2.75) is 39.0 Å². The molecule has 1 aromatic heterocycles. The van der Waals surface area contributed by atoms with Crippen molar-refractivity contribution in [3.05, 3.63) is 44.2 Å². The molecule has 0 saturated carbocycles. The fourth-order valence-electron chi connectivity index (χ4n) is 3.24. The molecule has 1 aliphatic rings. The van der Waals surface area contributed by atoms with Gasteiger partial charge in [0.1, 0.15) is 10.8 Å². The van der Waals surface area contributed by atoms with E-state index in [0.29, 0.717) is 16.3 Å². The highest BCUT2D eigenvalue weighted by atomic mass is 79.9. The van der Waals surface area contributed by atoms with Crippen LogP contribution in [-0.2, 0) is 24.1 Å². The lowest BCUT2D eigenvalue weighted by atomic mass is 9.95. The molecule has 29 heavy (non-hydrogen) atoms. The number of thiophene rings is 1. The molecule has 0 radical (unpaired) electrons. The van der Waals surface area contributed by atoms with Gasteiger partial charge in [0.2, 0.25) is 0 Å². The molecular weight excluding hydrogens is 474 g/mol. The number of rotatable bonds is 6. The number of nitrogens with two attached hydrogens (primary N) is 1. The first-order valence-corrected chi connectivity index (χ1v) is 11.4. The zero-order chi connectivity index (χ0) is 21.0. The molecule has 0 spiro atoms. The lowest BCUT2D eigenvalue weighted by Gasteiger charge is -2.12. The first-order chi connectivity index (χ1) is 13.9. The number of ether oxygens (including phenoxy) is 1. The second kappa shape index (κ2) is 9.69. The van der Waals surface area contributed by atoms with Crippen LogP contribution in [0.15, 0.2) is 22.7 Å². The summed E-state index contributed by atoms with van der Waals surface area (Å²) < 4.78 is 6.35. The number of amides is 2. The molecule has 0 atom stereocenters. The molecule has 1 heterocycles. The molecule has 0 fully saturated rings. The predicted molar refractivity (Wildman–Crippen MR) is 123 cm³/mol. The molecule has 2 aromatic rings. The zero-order valence-electron chi connectivity index (χ0n) is 16.0. The molecule has 154 valence electrons. The van der Waals surface area contributed by atoms with Crippen LogP contribution >= 0.6 is 39.5 Å². The summed E-state index contributed by atoms with van der Waals surface area (Å²) in [5, 5.41) is 6.24. The van der Waals surface area contributed by atoms with Gasteiger partial charge >= 0.3 is 0 Å². The van der Waals surface area contributed by atoms with E-state index in [0.717, 1.165) is 47.0 Å². The molecule has 6 nitrogen and oxygen atoms in total. The van der Waals surface area contributed by atoms with Gasteiger partial charge in [-0.1, -0.05) is 13.0 Å². The number of primary amides is 1. The van der Waals surface area contributed by atoms with E-state index in [1.807, 2.05) is 18.2 Å². The Hall–Kier alpha value is -1.97. The Balaban J connectivity index is 1.59. The van der Waals surface area contributed by atoms with E-state index in [-0.39, 0.29) is 11.7 Å². The van der Waals surface area contributed by atoms with Crippen molar-refractivity contribution in [1.82, 2.24) is 5.32 Å². The number of nitrogens with one attached hydrogen (secondary N) is 2. The molecule has 0 aliphatic heterocycles. The summed E-state index contributed by atoms with van der Waals surface area (Å²) in [7, 11) is 0. The number of benzene rings is 1. The molecule has 9 heteroatoms. The van der Waals surface area contributed by atoms with Crippen LogP contribution in [0.5, 0.6) is 5.75 Å². The fourth-order valence-corrected chi connectivity index (χ4v) is 5.36. The summed E-state index contributed by atoms with van der Waals surface area (Å²) in [5.74, 6) is -0.293. The number of fused-ring (bicyclic) bond motifs is 1. The van der Waals surface area contributed by atoms with Crippen molar-refractivity contribution >= 4 is 61.4 Å². The average molecular weight is 496 g/mol. The van der Waals surface area contributed by atoms with E-state index in [2.05, 4.69) is 33.5 Å². The minimum absolute atomic E-state index is 0.111. The maximum atomic E-state index is 12.2. The standard InChI is InChI=1S/C20H22BrN3O3S2/c1-2-11-7-8-14(13(21)9-11)27-10-16(25)23-20(28)24-19-17(18(22)26)12-5-3-4-6-15(12)29-19/h7-9H,2-6,10H2,1H3,(H2,22,26)(H2,23,24,25,28). The first kappa shape index (κ1) is 21.7. The van der Waals surface area contributed by atoms with E-state index in [4.69, 9.17) is 22.7 Å². The second-order valence-corrected chi connectivity index (χ2v) is 9.06. The number of hydrogen-bond donors (Lipinski definition) is 3. The maximum absolute atomic E-state index is 12.2. The average Bonchev–Trinajstić information content (AvgIpc) is 3.04. The monoisotopic (exact) mass is 495 g/mol. The number of hydrogen-bond acceptors (Lipinski definition) is 5. The highest BCUT2D eigenvalue weighted by Crippen LogP contribution is 2.37. The van der Waals surface area contributed by atoms with Crippen molar-refractivity contribution in [3.8, 4) is 5.75 Å². The summed E-state index contributed by atoms with van der Waals surface area (Å²) in [6.07, 6.45) is 4.82. The summed E-state index contributed by atoms with van der Waals surface area (Å²) in [5.41, 5.74) is 8.24. The third-order valence-electron chi connectivity index (χ3n) is 4.66. The van der Waals surface area contributed by atoms with Crippen LogP contribution in [0.1, 0.15) is 46.1 Å². The SMILES string of the molecule is CCc1ccc(OCC(=O)NC(=S)Nc2sc3c(c2C(N)=O)CCCC3)c(Br)c1. The lowest BCUT2D eigenvalue weighted by molar-refractivity contribution is -0.121. The van der Waals surface area contributed by atoms with Gasteiger partial charge in [-0.3, -0.25) is 14.9 Å². The molecule has 3 rings (SSSR count). The Kier molecular flexibility index (Phi) is 7.26. The summed E-state index contributed by atoms with van der Waals surface area (Å²) in [6.45, 7) is 1.88. The van der Waals surface area contributed by atoms with Crippen molar-refractivity contribution in [1.29, 1.82) is 0 Å². The molecule has 1 aromatic carbocycles. The van der Waals surface area contributed by atoms with Gasteiger partial charge in [-0.15, -0.1) is 11.3 Å². The molecule has 0 saturated heterocycles. The van der Waals surface area contributed by atoms with Crippen LogP contribution in [-0.4, -0.2) is 23.5 Å². The van der Waals surface area contributed by atoms with E-state index in [1.165, 1.54) is 16.9 Å². The van der Waals surface area contributed by atoms with Crippen molar-refractivity contribution in [2.75, 3.05) is 11.9 Å². The van der Waals surface area contributed by atoms with Crippen molar-refractivity contribution in [2.24, 2.45) is 5.73 Å². The first-order valence-electron chi connectivity index (χ1n) is 9.35. The Bertz CT molecular complexity index is 959. The Morgan fingerprint density at radius 1 is 1.31 bits per heavy atom. The van der Waals surface area contributed by atoms with Crippen LogP contribution in [0.2, 0.25) is 0 Å². The number of aryl methyl sites for hydroxylation is 2. The maximum Gasteiger partial charge on any atom is 0.264 e. The number of thiocarbonyl (C=S) groups is 1. The van der Waals surface area contributed by atoms with Gasteiger partial charge < -0.3 is 15.8 Å². The van der Waals surface area contributed by atoms with Crippen molar-refractivity contribution in [3.63, 3.8) is 0 Å². The topological polar surface area (TPSA) is 93.4 Å². The number of anilines is 1. The highest BCUT2D eigenvalue weighted by molar-refractivity contribution is 9.10. The van der Waals surface area contributed by atoms with Crippen LogP contribution < -0.4 is 21.1 Å². The van der Waals surface area contributed by atoms with Gasteiger partial charge in [-0.05, 0) is 83.5 Å². The molecule has 2 amide bonds. The van der Waals surface area contributed by atoms with E-state index < -0.39 is 11.8 Å². The normalized spacial score (nSPS) is 12.8. The third kappa shape index (κ3) is 5.34. The second-order valence-electron chi connectivity index (χ2n) is 6.69. The van der Waals surface area contributed by atoms with E-state index in [9.17, 15) is 9.59 Å². The molecule has 4 N–H and O–H groups in total. The Morgan fingerprint density at radius 3 is 2.76 bits per heavy atom. The van der Waals surface area contributed by atoms with Gasteiger partial charge in [-0.2, -0.15) is 0 Å². The molecule has 1 aliphatic carbocycles. The van der Waals surface area contributed by atoms with Crippen molar-refractivity contribution < 1.29 is 14.3 Å². The number of halogens is 1. The minimum Gasteiger partial charge on any atom is -0.483 e.